The third kappa shape index (κ3) is 5.77. The van der Waals surface area contributed by atoms with Gasteiger partial charge in [-0.3, -0.25) is 4.90 Å². The molecule has 0 aliphatic carbocycles. The molecule has 1 aliphatic rings. The van der Waals surface area contributed by atoms with Gasteiger partial charge in [0.2, 0.25) is 0 Å². The number of benzene rings is 1. The Hall–Kier alpha value is -0.900. The van der Waals surface area contributed by atoms with Gasteiger partial charge in [-0.2, -0.15) is 0 Å². The molecule has 21 heavy (non-hydrogen) atoms. The molecule has 1 fully saturated rings. The van der Waals surface area contributed by atoms with E-state index < -0.39 is 0 Å². The third-order valence-electron chi connectivity index (χ3n) is 3.83. The molecule has 0 aromatic heterocycles. The van der Waals surface area contributed by atoms with Gasteiger partial charge in [0, 0.05) is 32.7 Å². The number of hydrogen-bond donors (Lipinski definition) is 1. The van der Waals surface area contributed by atoms with Crippen molar-refractivity contribution in [1.82, 2.24) is 10.2 Å². The summed E-state index contributed by atoms with van der Waals surface area (Å²) in [5, 5.41) is 3.55. The van der Waals surface area contributed by atoms with Crippen molar-refractivity contribution >= 4 is 0 Å². The van der Waals surface area contributed by atoms with Crippen molar-refractivity contribution in [2.75, 3.05) is 32.8 Å². The molecule has 1 N–H and O–H groups in total. The molecule has 118 valence electrons. The van der Waals surface area contributed by atoms with Crippen molar-refractivity contribution in [3.63, 3.8) is 0 Å². The van der Waals surface area contributed by atoms with Gasteiger partial charge in [0.05, 0.1) is 12.7 Å². The molecule has 0 saturated carbocycles. The Labute approximate surface area is 129 Å². The Bertz CT molecular complexity index is 425. The minimum Gasteiger partial charge on any atom is -0.374 e. The second-order valence-electron chi connectivity index (χ2n) is 6.77. The number of ether oxygens (including phenoxy) is 1. The van der Waals surface area contributed by atoms with Crippen LogP contribution in [0.3, 0.4) is 0 Å². The van der Waals surface area contributed by atoms with Gasteiger partial charge in [-0.25, -0.2) is 0 Å². The highest BCUT2D eigenvalue weighted by Gasteiger charge is 2.20. The minimum absolute atomic E-state index is 0.323. The summed E-state index contributed by atoms with van der Waals surface area (Å²) in [7, 11) is 0. The van der Waals surface area contributed by atoms with Crippen molar-refractivity contribution in [2.24, 2.45) is 5.92 Å². The fourth-order valence-corrected chi connectivity index (χ4v) is 3.13. The average Bonchev–Trinajstić information content (AvgIpc) is 2.37. The molecule has 0 radical (unpaired) electrons. The van der Waals surface area contributed by atoms with Gasteiger partial charge in [0.15, 0.2) is 0 Å². The van der Waals surface area contributed by atoms with E-state index in [9.17, 15) is 0 Å². The number of nitrogens with zero attached hydrogens (tertiary/aromatic N) is 1. The summed E-state index contributed by atoms with van der Waals surface area (Å²) >= 11 is 0. The lowest BCUT2D eigenvalue weighted by Gasteiger charge is -2.34. The fraction of sp³-hybridized carbons (Fsp3) is 0.667. The lowest BCUT2D eigenvalue weighted by Crippen LogP contribution is -2.47. The zero-order valence-electron chi connectivity index (χ0n) is 14.0. The summed E-state index contributed by atoms with van der Waals surface area (Å²) in [5.74, 6) is 0.729. The molecule has 1 aliphatic heterocycles. The number of hydrogen-bond acceptors (Lipinski definition) is 3. The largest absolute Gasteiger partial charge is 0.374 e. The molecule has 0 spiro atoms. The van der Waals surface area contributed by atoms with E-state index in [4.69, 9.17) is 4.74 Å². The summed E-state index contributed by atoms with van der Waals surface area (Å²) in [6, 6.07) is 6.73. The quantitative estimate of drug-likeness (QED) is 0.872. The van der Waals surface area contributed by atoms with Crippen molar-refractivity contribution in [2.45, 2.75) is 40.3 Å². The number of rotatable bonds is 6. The first-order valence-corrected chi connectivity index (χ1v) is 8.15. The van der Waals surface area contributed by atoms with Crippen LogP contribution in [0.1, 0.15) is 30.5 Å². The predicted octanol–water partition coefficient (Wildman–Crippen LogP) is 2.75. The van der Waals surface area contributed by atoms with E-state index in [1.54, 1.807) is 0 Å². The van der Waals surface area contributed by atoms with Gasteiger partial charge in [-0.05, 0) is 25.3 Å². The SMILES string of the molecule is Cc1cc(C)cc(CNCC2CN(CC(C)C)CCO2)c1. The van der Waals surface area contributed by atoms with Crippen LogP contribution in [-0.4, -0.2) is 43.8 Å². The predicted molar refractivity (Wildman–Crippen MR) is 88.6 cm³/mol. The Morgan fingerprint density at radius 1 is 1.24 bits per heavy atom. The summed E-state index contributed by atoms with van der Waals surface area (Å²) in [4.78, 5) is 2.53. The maximum absolute atomic E-state index is 5.87. The molecule has 1 unspecified atom stereocenters. The van der Waals surface area contributed by atoms with Gasteiger partial charge in [-0.1, -0.05) is 43.2 Å². The molecule has 3 nitrogen and oxygen atoms in total. The summed E-state index contributed by atoms with van der Waals surface area (Å²) < 4.78 is 5.87. The molecule has 3 heteroatoms. The molecular formula is C18H30N2O. The van der Waals surface area contributed by atoms with E-state index >= 15 is 0 Å². The smallest absolute Gasteiger partial charge is 0.0826 e. The number of aryl methyl sites for hydroxylation is 2. The summed E-state index contributed by atoms with van der Waals surface area (Å²) in [6.07, 6.45) is 0.323. The summed E-state index contributed by atoms with van der Waals surface area (Å²) in [5.41, 5.74) is 4.04. The second kappa shape index (κ2) is 7.92. The highest BCUT2D eigenvalue weighted by Crippen LogP contribution is 2.10. The first kappa shape index (κ1) is 16.5. The molecule has 1 aromatic rings. The molecule has 0 amide bonds. The van der Waals surface area contributed by atoms with Crippen molar-refractivity contribution < 1.29 is 4.74 Å². The van der Waals surface area contributed by atoms with Gasteiger partial charge < -0.3 is 10.1 Å². The van der Waals surface area contributed by atoms with E-state index in [0.717, 1.165) is 38.7 Å². The maximum atomic E-state index is 5.87. The van der Waals surface area contributed by atoms with E-state index in [1.165, 1.54) is 23.2 Å². The fourth-order valence-electron chi connectivity index (χ4n) is 3.13. The lowest BCUT2D eigenvalue weighted by molar-refractivity contribution is -0.0303. The van der Waals surface area contributed by atoms with E-state index in [1.807, 2.05) is 0 Å². The van der Waals surface area contributed by atoms with E-state index in [2.05, 4.69) is 56.1 Å². The highest BCUT2D eigenvalue weighted by atomic mass is 16.5. The molecule has 0 bridgehead atoms. The molecular weight excluding hydrogens is 260 g/mol. The average molecular weight is 290 g/mol. The standard InChI is InChI=1S/C18H30N2O/c1-14(2)12-20-5-6-21-18(13-20)11-19-10-17-8-15(3)7-16(4)9-17/h7-9,14,18-19H,5-6,10-13H2,1-4H3. The molecule has 1 heterocycles. The van der Waals surface area contributed by atoms with Crippen LogP contribution >= 0.6 is 0 Å². The van der Waals surface area contributed by atoms with Crippen molar-refractivity contribution in [3.05, 3.63) is 34.9 Å². The Kier molecular flexibility index (Phi) is 6.22. The first-order chi connectivity index (χ1) is 10.0. The Balaban J connectivity index is 1.75. The molecule has 1 saturated heterocycles. The summed E-state index contributed by atoms with van der Waals surface area (Å²) in [6.45, 7) is 14.9. The zero-order valence-corrected chi connectivity index (χ0v) is 14.0. The van der Waals surface area contributed by atoms with Gasteiger partial charge >= 0.3 is 0 Å². The minimum atomic E-state index is 0.323. The van der Waals surface area contributed by atoms with Crippen LogP contribution < -0.4 is 5.32 Å². The van der Waals surface area contributed by atoms with Crippen LogP contribution in [-0.2, 0) is 11.3 Å². The zero-order chi connectivity index (χ0) is 15.2. The van der Waals surface area contributed by atoms with Crippen molar-refractivity contribution in [3.8, 4) is 0 Å². The second-order valence-corrected chi connectivity index (χ2v) is 6.77. The van der Waals surface area contributed by atoms with Gasteiger partial charge in [0.25, 0.3) is 0 Å². The van der Waals surface area contributed by atoms with E-state index in [0.29, 0.717) is 6.10 Å². The van der Waals surface area contributed by atoms with Gasteiger partial charge in [0.1, 0.15) is 0 Å². The molecule has 1 atom stereocenters. The van der Waals surface area contributed by atoms with Crippen molar-refractivity contribution in [1.29, 1.82) is 0 Å². The third-order valence-corrected chi connectivity index (χ3v) is 3.83. The Morgan fingerprint density at radius 3 is 2.62 bits per heavy atom. The maximum Gasteiger partial charge on any atom is 0.0826 e. The topological polar surface area (TPSA) is 24.5 Å². The van der Waals surface area contributed by atoms with Gasteiger partial charge in [-0.15, -0.1) is 0 Å². The molecule has 2 rings (SSSR count). The van der Waals surface area contributed by atoms with Crippen LogP contribution in [0.4, 0.5) is 0 Å². The van der Waals surface area contributed by atoms with Crippen LogP contribution in [0, 0.1) is 19.8 Å². The van der Waals surface area contributed by atoms with Crippen LogP contribution in [0.2, 0.25) is 0 Å². The van der Waals surface area contributed by atoms with Crippen LogP contribution in [0.25, 0.3) is 0 Å². The lowest BCUT2D eigenvalue weighted by atomic mass is 10.1. The Morgan fingerprint density at radius 2 is 1.95 bits per heavy atom. The number of morpholine rings is 1. The monoisotopic (exact) mass is 290 g/mol. The number of nitrogens with one attached hydrogen (secondary N) is 1. The van der Waals surface area contributed by atoms with Crippen LogP contribution in [0.5, 0.6) is 0 Å². The van der Waals surface area contributed by atoms with Crippen LogP contribution in [0.15, 0.2) is 18.2 Å². The molecule has 1 aromatic carbocycles. The highest BCUT2D eigenvalue weighted by molar-refractivity contribution is 5.28. The van der Waals surface area contributed by atoms with E-state index in [-0.39, 0.29) is 0 Å². The first-order valence-electron chi connectivity index (χ1n) is 8.15. The normalized spacial score (nSPS) is 20.1.